The number of hydrogen-bond acceptors (Lipinski definition) is 2. The van der Waals surface area contributed by atoms with Crippen molar-refractivity contribution in [2.75, 3.05) is 13.6 Å². The molecule has 1 aliphatic rings. The SMILES string of the molecule is CNCCCC(=O)NC1c2cccc(F)c2CCC1C. The molecule has 2 atom stereocenters. The van der Waals surface area contributed by atoms with Gasteiger partial charge in [-0.25, -0.2) is 4.39 Å². The number of fused-ring (bicyclic) bond motifs is 1. The third-order valence-electron chi connectivity index (χ3n) is 4.06. The molecule has 0 aromatic heterocycles. The normalized spacial score (nSPS) is 21.4. The number of nitrogens with one attached hydrogen (secondary N) is 2. The van der Waals surface area contributed by atoms with Gasteiger partial charge in [-0.2, -0.15) is 0 Å². The van der Waals surface area contributed by atoms with Crippen molar-refractivity contribution in [3.63, 3.8) is 0 Å². The summed E-state index contributed by atoms with van der Waals surface area (Å²) >= 11 is 0. The molecule has 0 spiro atoms. The second-order valence-corrected chi connectivity index (χ2v) is 5.58. The Labute approximate surface area is 120 Å². The Morgan fingerprint density at radius 3 is 3.00 bits per heavy atom. The minimum absolute atomic E-state index is 0.0502. The van der Waals surface area contributed by atoms with Gasteiger partial charge < -0.3 is 10.6 Å². The second-order valence-electron chi connectivity index (χ2n) is 5.58. The second kappa shape index (κ2) is 6.84. The van der Waals surface area contributed by atoms with Crippen LogP contribution in [0, 0.1) is 11.7 Å². The van der Waals surface area contributed by atoms with Gasteiger partial charge in [-0.3, -0.25) is 4.79 Å². The summed E-state index contributed by atoms with van der Waals surface area (Å²) < 4.78 is 13.8. The zero-order valence-electron chi connectivity index (χ0n) is 12.2. The van der Waals surface area contributed by atoms with E-state index in [1.54, 1.807) is 6.07 Å². The first-order valence-corrected chi connectivity index (χ1v) is 7.34. The summed E-state index contributed by atoms with van der Waals surface area (Å²) in [5, 5.41) is 6.11. The first kappa shape index (κ1) is 15.0. The third kappa shape index (κ3) is 3.37. The molecule has 1 amide bonds. The van der Waals surface area contributed by atoms with E-state index in [-0.39, 0.29) is 17.8 Å². The highest BCUT2D eigenvalue weighted by atomic mass is 19.1. The molecule has 0 saturated carbocycles. The minimum Gasteiger partial charge on any atom is -0.349 e. The van der Waals surface area contributed by atoms with E-state index in [0.29, 0.717) is 12.3 Å². The van der Waals surface area contributed by atoms with Gasteiger partial charge in [0.15, 0.2) is 0 Å². The molecule has 2 N–H and O–H groups in total. The lowest BCUT2D eigenvalue weighted by Gasteiger charge is -2.32. The van der Waals surface area contributed by atoms with Crippen molar-refractivity contribution < 1.29 is 9.18 Å². The van der Waals surface area contributed by atoms with Gasteiger partial charge in [0.05, 0.1) is 6.04 Å². The molecule has 3 nitrogen and oxygen atoms in total. The Balaban J connectivity index is 2.08. The van der Waals surface area contributed by atoms with Crippen molar-refractivity contribution in [3.8, 4) is 0 Å². The molecule has 1 aliphatic carbocycles. The average molecular weight is 278 g/mol. The lowest BCUT2D eigenvalue weighted by molar-refractivity contribution is -0.122. The van der Waals surface area contributed by atoms with Gasteiger partial charge in [0.25, 0.3) is 0 Å². The molecule has 0 fully saturated rings. The summed E-state index contributed by atoms with van der Waals surface area (Å²) in [7, 11) is 1.88. The van der Waals surface area contributed by atoms with Crippen LogP contribution in [-0.4, -0.2) is 19.5 Å². The molecule has 1 aromatic rings. The fourth-order valence-electron chi connectivity index (χ4n) is 2.87. The van der Waals surface area contributed by atoms with Gasteiger partial charge in [0.2, 0.25) is 5.91 Å². The summed E-state index contributed by atoms with van der Waals surface area (Å²) in [6.45, 7) is 2.95. The van der Waals surface area contributed by atoms with Crippen LogP contribution in [0.2, 0.25) is 0 Å². The van der Waals surface area contributed by atoms with E-state index in [9.17, 15) is 9.18 Å². The molecule has 1 aromatic carbocycles. The fraction of sp³-hybridized carbons (Fsp3) is 0.562. The maximum Gasteiger partial charge on any atom is 0.220 e. The minimum atomic E-state index is -0.149. The zero-order valence-corrected chi connectivity index (χ0v) is 12.2. The predicted octanol–water partition coefficient (Wildman–Crippen LogP) is 2.56. The van der Waals surface area contributed by atoms with Gasteiger partial charge >= 0.3 is 0 Å². The largest absolute Gasteiger partial charge is 0.349 e. The highest BCUT2D eigenvalue weighted by Gasteiger charge is 2.29. The molecular weight excluding hydrogens is 255 g/mol. The van der Waals surface area contributed by atoms with Crippen LogP contribution in [0.15, 0.2) is 18.2 Å². The van der Waals surface area contributed by atoms with Crippen molar-refractivity contribution in [1.82, 2.24) is 10.6 Å². The standard InChI is InChI=1S/C16H23FN2O/c1-11-8-9-12-13(5-3-6-14(12)17)16(11)19-15(20)7-4-10-18-2/h3,5-6,11,16,18H,4,7-10H2,1-2H3,(H,19,20). The number of rotatable bonds is 5. The Morgan fingerprint density at radius 2 is 2.25 bits per heavy atom. The van der Waals surface area contributed by atoms with E-state index in [1.165, 1.54) is 6.07 Å². The van der Waals surface area contributed by atoms with Crippen LogP contribution in [-0.2, 0) is 11.2 Å². The maximum atomic E-state index is 13.8. The molecule has 0 radical (unpaired) electrons. The maximum absolute atomic E-state index is 13.8. The Hall–Kier alpha value is -1.42. The van der Waals surface area contributed by atoms with E-state index < -0.39 is 0 Å². The summed E-state index contributed by atoms with van der Waals surface area (Å²) in [6.07, 6.45) is 3.00. The summed E-state index contributed by atoms with van der Waals surface area (Å²) in [5.74, 6) is 0.246. The van der Waals surface area contributed by atoms with Crippen LogP contribution in [0.4, 0.5) is 4.39 Å². The average Bonchev–Trinajstić information content (AvgIpc) is 2.43. The first-order valence-electron chi connectivity index (χ1n) is 7.34. The van der Waals surface area contributed by atoms with Crippen LogP contribution in [0.3, 0.4) is 0 Å². The molecule has 0 bridgehead atoms. The summed E-state index contributed by atoms with van der Waals surface area (Å²) in [5.41, 5.74) is 1.72. The molecule has 4 heteroatoms. The topological polar surface area (TPSA) is 41.1 Å². The Kier molecular flexibility index (Phi) is 5.12. The van der Waals surface area contributed by atoms with E-state index in [0.717, 1.165) is 36.9 Å². The number of amides is 1. The molecule has 0 heterocycles. The van der Waals surface area contributed by atoms with Gasteiger partial charge in [-0.1, -0.05) is 19.1 Å². The van der Waals surface area contributed by atoms with Gasteiger partial charge in [0.1, 0.15) is 5.82 Å². The molecule has 2 rings (SSSR count). The number of benzene rings is 1. The molecule has 2 unspecified atom stereocenters. The zero-order chi connectivity index (χ0) is 14.5. The summed E-state index contributed by atoms with van der Waals surface area (Å²) in [6, 6.07) is 5.11. The predicted molar refractivity (Wildman–Crippen MR) is 77.9 cm³/mol. The van der Waals surface area contributed by atoms with Crippen LogP contribution >= 0.6 is 0 Å². The Bertz CT molecular complexity index is 476. The number of halogens is 1. The van der Waals surface area contributed by atoms with Crippen molar-refractivity contribution in [1.29, 1.82) is 0 Å². The van der Waals surface area contributed by atoms with Crippen molar-refractivity contribution >= 4 is 5.91 Å². The monoisotopic (exact) mass is 278 g/mol. The van der Waals surface area contributed by atoms with Crippen LogP contribution < -0.4 is 10.6 Å². The van der Waals surface area contributed by atoms with Crippen molar-refractivity contribution in [2.45, 2.75) is 38.6 Å². The molecular formula is C16H23FN2O. The lowest BCUT2D eigenvalue weighted by atomic mass is 9.80. The smallest absolute Gasteiger partial charge is 0.220 e. The van der Waals surface area contributed by atoms with Gasteiger partial charge in [-0.05, 0) is 56.0 Å². The molecule has 20 heavy (non-hydrogen) atoms. The number of carbonyl (C=O) groups is 1. The van der Waals surface area contributed by atoms with Gasteiger partial charge in [0, 0.05) is 6.42 Å². The quantitative estimate of drug-likeness (QED) is 0.813. The lowest BCUT2D eigenvalue weighted by Crippen LogP contribution is -2.35. The van der Waals surface area contributed by atoms with Crippen LogP contribution in [0.25, 0.3) is 0 Å². The van der Waals surface area contributed by atoms with Crippen LogP contribution in [0.5, 0.6) is 0 Å². The van der Waals surface area contributed by atoms with E-state index in [4.69, 9.17) is 0 Å². The highest BCUT2D eigenvalue weighted by molar-refractivity contribution is 5.76. The van der Waals surface area contributed by atoms with Gasteiger partial charge in [-0.15, -0.1) is 0 Å². The summed E-state index contributed by atoms with van der Waals surface area (Å²) in [4.78, 5) is 12.0. The number of hydrogen-bond donors (Lipinski definition) is 2. The molecule has 0 aliphatic heterocycles. The van der Waals surface area contributed by atoms with Crippen molar-refractivity contribution in [2.24, 2.45) is 5.92 Å². The van der Waals surface area contributed by atoms with Crippen LogP contribution in [0.1, 0.15) is 43.4 Å². The molecule has 0 saturated heterocycles. The fourth-order valence-corrected chi connectivity index (χ4v) is 2.87. The van der Waals surface area contributed by atoms with E-state index in [2.05, 4.69) is 17.6 Å². The number of carbonyl (C=O) groups excluding carboxylic acids is 1. The van der Waals surface area contributed by atoms with Crippen molar-refractivity contribution in [3.05, 3.63) is 35.1 Å². The Morgan fingerprint density at radius 1 is 1.45 bits per heavy atom. The van der Waals surface area contributed by atoms with E-state index >= 15 is 0 Å². The third-order valence-corrected chi connectivity index (χ3v) is 4.06. The molecule has 110 valence electrons. The van der Waals surface area contributed by atoms with E-state index in [1.807, 2.05) is 13.1 Å². The first-order chi connectivity index (χ1) is 9.63. The highest BCUT2D eigenvalue weighted by Crippen LogP contribution is 2.35.